The molecule has 128 valence electrons. The summed E-state index contributed by atoms with van der Waals surface area (Å²) in [5.41, 5.74) is 0.952. The molecule has 0 amide bonds. The molecule has 0 aliphatic carbocycles. The van der Waals surface area contributed by atoms with Gasteiger partial charge in [-0.1, -0.05) is 11.6 Å². The standard InChI is InChI=1S/C16H16ClNO5S/c1-10-8-12(5-7-15(10)22-2)24(20,21)18-14-9-11(16(19)23-3)4-6-13(14)17/h4-9,18H,1-3H3. The zero-order valence-corrected chi connectivity index (χ0v) is 14.9. The van der Waals surface area contributed by atoms with Crippen LogP contribution in [0, 0.1) is 6.92 Å². The lowest BCUT2D eigenvalue weighted by Gasteiger charge is -2.12. The van der Waals surface area contributed by atoms with Crippen LogP contribution in [-0.2, 0) is 14.8 Å². The lowest BCUT2D eigenvalue weighted by molar-refractivity contribution is 0.0601. The van der Waals surface area contributed by atoms with Gasteiger partial charge >= 0.3 is 5.97 Å². The molecule has 1 N–H and O–H groups in total. The second-order valence-electron chi connectivity index (χ2n) is 4.92. The molecule has 2 aromatic rings. The van der Waals surface area contributed by atoms with Crippen LogP contribution in [0.4, 0.5) is 5.69 Å². The Morgan fingerprint density at radius 2 is 1.83 bits per heavy atom. The maximum atomic E-state index is 12.5. The van der Waals surface area contributed by atoms with Crippen molar-refractivity contribution in [2.75, 3.05) is 18.9 Å². The van der Waals surface area contributed by atoms with Crippen molar-refractivity contribution >= 4 is 33.3 Å². The number of esters is 1. The first-order valence-electron chi connectivity index (χ1n) is 6.84. The van der Waals surface area contributed by atoms with Gasteiger partial charge in [-0.05, 0) is 48.9 Å². The summed E-state index contributed by atoms with van der Waals surface area (Å²) >= 11 is 6.02. The number of rotatable bonds is 5. The molecule has 8 heteroatoms. The molecule has 0 unspecified atom stereocenters. The number of nitrogens with one attached hydrogen (secondary N) is 1. The monoisotopic (exact) mass is 369 g/mol. The summed E-state index contributed by atoms with van der Waals surface area (Å²) in [5, 5.41) is 0.163. The number of ether oxygens (including phenoxy) is 2. The summed E-state index contributed by atoms with van der Waals surface area (Å²) in [7, 11) is -1.13. The van der Waals surface area contributed by atoms with Gasteiger partial charge in [-0.25, -0.2) is 13.2 Å². The van der Waals surface area contributed by atoms with Crippen LogP contribution in [0.1, 0.15) is 15.9 Å². The van der Waals surface area contributed by atoms with Crippen molar-refractivity contribution in [3.63, 3.8) is 0 Å². The second kappa shape index (κ2) is 7.11. The highest BCUT2D eigenvalue weighted by atomic mass is 35.5. The van der Waals surface area contributed by atoms with Gasteiger partial charge in [0.1, 0.15) is 5.75 Å². The average molecular weight is 370 g/mol. The third-order valence-corrected chi connectivity index (χ3v) is 5.00. The van der Waals surface area contributed by atoms with E-state index in [1.54, 1.807) is 13.0 Å². The maximum Gasteiger partial charge on any atom is 0.337 e. The Morgan fingerprint density at radius 3 is 2.42 bits per heavy atom. The van der Waals surface area contributed by atoms with Gasteiger partial charge in [0.15, 0.2) is 0 Å². The molecule has 0 saturated heterocycles. The van der Waals surface area contributed by atoms with Crippen LogP contribution in [0.3, 0.4) is 0 Å². The van der Waals surface area contributed by atoms with Crippen molar-refractivity contribution in [2.45, 2.75) is 11.8 Å². The number of halogens is 1. The number of hydrogen-bond acceptors (Lipinski definition) is 5. The van der Waals surface area contributed by atoms with Crippen molar-refractivity contribution in [3.8, 4) is 5.75 Å². The molecule has 0 bridgehead atoms. The van der Waals surface area contributed by atoms with E-state index in [0.717, 1.165) is 0 Å². The highest BCUT2D eigenvalue weighted by Crippen LogP contribution is 2.28. The minimum Gasteiger partial charge on any atom is -0.496 e. The van der Waals surface area contributed by atoms with Gasteiger partial charge in [-0.2, -0.15) is 0 Å². The Hall–Kier alpha value is -2.25. The van der Waals surface area contributed by atoms with Crippen LogP contribution in [0.25, 0.3) is 0 Å². The number of aryl methyl sites for hydroxylation is 1. The maximum absolute atomic E-state index is 12.5. The van der Waals surface area contributed by atoms with Crippen LogP contribution in [0.2, 0.25) is 5.02 Å². The molecular weight excluding hydrogens is 354 g/mol. The van der Waals surface area contributed by atoms with E-state index in [9.17, 15) is 13.2 Å². The van der Waals surface area contributed by atoms with Crippen LogP contribution >= 0.6 is 11.6 Å². The van der Waals surface area contributed by atoms with E-state index in [0.29, 0.717) is 11.3 Å². The van der Waals surface area contributed by atoms with E-state index in [-0.39, 0.29) is 21.2 Å². The molecule has 0 saturated carbocycles. The molecule has 6 nitrogen and oxygen atoms in total. The molecule has 0 aliphatic heterocycles. The van der Waals surface area contributed by atoms with Crippen molar-refractivity contribution in [1.29, 1.82) is 0 Å². The number of carbonyl (C=O) groups excluding carboxylic acids is 1. The van der Waals surface area contributed by atoms with Crippen LogP contribution in [-0.4, -0.2) is 28.6 Å². The summed E-state index contributed by atoms with van der Waals surface area (Å²) in [6, 6.07) is 8.67. The van der Waals surface area contributed by atoms with Crippen molar-refractivity contribution in [1.82, 2.24) is 0 Å². The Bertz CT molecular complexity index is 880. The zero-order chi connectivity index (χ0) is 17.9. The van der Waals surface area contributed by atoms with Crippen LogP contribution in [0.5, 0.6) is 5.75 Å². The van der Waals surface area contributed by atoms with E-state index in [1.807, 2.05) is 0 Å². The predicted molar refractivity (Wildman–Crippen MR) is 91.3 cm³/mol. The normalized spacial score (nSPS) is 11.0. The molecule has 0 aromatic heterocycles. The quantitative estimate of drug-likeness (QED) is 0.818. The van der Waals surface area contributed by atoms with Gasteiger partial charge in [0, 0.05) is 0 Å². The van der Waals surface area contributed by atoms with Gasteiger partial charge < -0.3 is 9.47 Å². The molecule has 2 rings (SSSR count). The molecule has 0 spiro atoms. The highest BCUT2D eigenvalue weighted by Gasteiger charge is 2.18. The van der Waals surface area contributed by atoms with Crippen molar-refractivity contribution in [3.05, 3.63) is 52.5 Å². The Labute approximate surface area is 145 Å². The van der Waals surface area contributed by atoms with Gasteiger partial charge in [0.05, 0.1) is 35.4 Å². The molecule has 0 aliphatic rings. The molecule has 0 radical (unpaired) electrons. The van der Waals surface area contributed by atoms with E-state index in [1.165, 1.54) is 44.6 Å². The topological polar surface area (TPSA) is 81.7 Å². The largest absolute Gasteiger partial charge is 0.496 e. The third-order valence-electron chi connectivity index (χ3n) is 3.31. The number of methoxy groups -OCH3 is 2. The fourth-order valence-electron chi connectivity index (χ4n) is 2.07. The average Bonchev–Trinajstić information content (AvgIpc) is 2.55. The van der Waals surface area contributed by atoms with Gasteiger partial charge in [0.2, 0.25) is 0 Å². The van der Waals surface area contributed by atoms with Gasteiger partial charge in [0.25, 0.3) is 10.0 Å². The second-order valence-corrected chi connectivity index (χ2v) is 7.01. The number of sulfonamides is 1. The van der Waals surface area contributed by atoms with Crippen molar-refractivity contribution < 1.29 is 22.7 Å². The first-order valence-corrected chi connectivity index (χ1v) is 8.70. The van der Waals surface area contributed by atoms with Gasteiger partial charge in [-0.3, -0.25) is 4.72 Å². The molecule has 0 atom stereocenters. The van der Waals surface area contributed by atoms with E-state index in [4.69, 9.17) is 16.3 Å². The number of hydrogen-bond donors (Lipinski definition) is 1. The fourth-order valence-corrected chi connectivity index (χ4v) is 3.45. The fraction of sp³-hybridized carbons (Fsp3) is 0.188. The lowest BCUT2D eigenvalue weighted by atomic mass is 10.2. The smallest absolute Gasteiger partial charge is 0.337 e. The minimum atomic E-state index is -3.87. The first kappa shape index (κ1) is 18.1. The van der Waals surface area contributed by atoms with Crippen LogP contribution in [0.15, 0.2) is 41.3 Å². The Kier molecular flexibility index (Phi) is 5.36. The van der Waals surface area contributed by atoms with E-state index >= 15 is 0 Å². The number of carbonyl (C=O) groups is 1. The summed E-state index contributed by atoms with van der Waals surface area (Å²) < 4.78 is 37.2. The predicted octanol–water partition coefficient (Wildman–Crippen LogP) is 3.24. The summed E-state index contributed by atoms with van der Waals surface area (Å²) in [6.07, 6.45) is 0. The van der Waals surface area contributed by atoms with E-state index < -0.39 is 16.0 Å². The molecule has 2 aromatic carbocycles. The summed E-state index contributed by atoms with van der Waals surface area (Å²) in [6.45, 7) is 1.74. The van der Waals surface area contributed by atoms with Crippen molar-refractivity contribution in [2.24, 2.45) is 0 Å². The molecule has 24 heavy (non-hydrogen) atoms. The zero-order valence-electron chi connectivity index (χ0n) is 13.3. The van der Waals surface area contributed by atoms with Gasteiger partial charge in [-0.15, -0.1) is 0 Å². The summed E-state index contributed by atoms with van der Waals surface area (Å²) in [5.74, 6) is -0.00734. The first-order chi connectivity index (χ1) is 11.3. The Balaban J connectivity index is 2.39. The van der Waals surface area contributed by atoms with E-state index in [2.05, 4.69) is 9.46 Å². The minimum absolute atomic E-state index is 0.0559. The molecular formula is C16H16ClNO5S. The number of benzene rings is 2. The number of anilines is 1. The molecule has 0 heterocycles. The highest BCUT2D eigenvalue weighted by molar-refractivity contribution is 7.92. The summed E-state index contributed by atoms with van der Waals surface area (Å²) in [4.78, 5) is 11.6. The third kappa shape index (κ3) is 3.80. The Morgan fingerprint density at radius 1 is 1.12 bits per heavy atom. The molecule has 0 fully saturated rings. The lowest BCUT2D eigenvalue weighted by Crippen LogP contribution is -2.14. The SMILES string of the molecule is COC(=O)c1ccc(Cl)c(NS(=O)(=O)c2ccc(OC)c(C)c2)c1. The van der Waals surface area contributed by atoms with Crippen LogP contribution < -0.4 is 9.46 Å².